The fourth-order valence-corrected chi connectivity index (χ4v) is 2.01. The van der Waals surface area contributed by atoms with E-state index in [-0.39, 0.29) is 5.92 Å². The molecule has 0 aromatic carbocycles. The Labute approximate surface area is 98.2 Å². The van der Waals surface area contributed by atoms with Crippen molar-refractivity contribution in [3.05, 3.63) is 10.4 Å². The van der Waals surface area contributed by atoms with Crippen LogP contribution in [0.5, 0.6) is 0 Å². The molecule has 5 nitrogen and oxygen atoms in total. The van der Waals surface area contributed by atoms with E-state index in [0.717, 1.165) is 19.3 Å². The van der Waals surface area contributed by atoms with Crippen molar-refractivity contribution in [1.82, 2.24) is 4.90 Å². The molecule has 0 aliphatic carbocycles. The average molecular weight is 249 g/mol. The number of alkyl halides is 2. The number of halogens is 2. The fraction of sp³-hybridized carbons (Fsp3) is 0.889. The number of likely N-dealkylation sites (tertiary alicyclic amines) is 1. The molecule has 90 valence electrons. The lowest BCUT2D eigenvalue weighted by Crippen LogP contribution is -2.38. The monoisotopic (exact) mass is 248 g/mol. The Morgan fingerprint density at radius 1 is 1.69 bits per heavy atom. The minimum absolute atomic E-state index is 0.109. The van der Waals surface area contributed by atoms with E-state index in [1.807, 2.05) is 0 Å². The molecule has 7 heteroatoms. The summed E-state index contributed by atoms with van der Waals surface area (Å²) in [6.07, 6.45) is 2.68. The first-order valence-corrected chi connectivity index (χ1v) is 5.66. The topological polar surface area (TPSA) is 69.1 Å². The molecule has 1 saturated heterocycles. The molecule has 16 heavy (non-hydrogen) atoms. The number of nitrogens with zero attached hydrogens (tertiary/aromatic N) is 4. The summed E-state index contributed by atoms with van der Waals surface area (Å²) in [5.41, 5.74) is 6.25. The third-order valence-corrected chi connectivity index (χ3v) is 2.86. The summed E-state index contributed by atoms with van der Waals surface area (Å²) < 4.78 is 12.7. The number of azide groups is 1. The maximum atomic E-state index is 12.7. The van der Waals surface area contributed by atoms with Gasteiger partial charge in [-0.2, -0.15) is 0 Å². The van der Waals surface area contributed by atoms with Crippen LogP contribution >= 0.6 is 11.6 Å². The zero-order chi connectivity index (χ0) is 12.0. The molecule has 1 heterocycles. The Kier molecular flexibility index (Phi) is 5.35. The molecule has 0 aromatic heterocycles. The molecule has 2 unspecified atom stereocenters. The highest BCUT2D eigenvalue weighted by atomic mass is 35.5. The summed E-state index contributed by atoms with van der Waals surface area (Å²) in [5, 5.41) is 3.49. The summed E-state index contributed by atoms with van der Waals surface area (Å²) in [6.45, 7) is 1.29. The minimum atomic E-state index is -1.97. The van der Waals surface area contributed by atoms with Crippen LogP contribution in [0.25, 0.3) is 10.4 Å². The first kappa shape index (κ1) is 13.1. The van der Waals surface area contributed by atoms with Gasteiger partial charge in [0.05, 0.1) is 0 Å². The maximum absolute atomic E-state index is 12.7. The van der Waals surface area contributed by atoms with Gasteiger partial charge < -0.3 is 4.90 Å². The van der Waals surface area contributed by atoms with Crippen LogP contribution < -0.4 is 0 Å². The van der Waals surface area contributed by atoms with Gasteiger partial charge in [0.15, 0.2) is 0 Å². The number of amides is 1. The van der Waals surface area contributed by atoms with Gasteiger partial charge in [-0.25, -0.2) is 4.39 Å². The van der Waals surface area contributed by atoms with Crippen LogP contribution in [-0.2, 0) is 4.79 Å². The summed E-state index contributed by atoms with van der Waals surface area (Å²) in [6, 6.07) is 0. The molecular formula is C9H14ClFN4O. The van der Waals surface area contributed by atoms with Gasteiger partial charge in [0, 0.05) is 24.5 Å². The molecule has 1 amide bonds. The molecule has 0 N–H and O–H groups in total. The second kappa shape index (κ2) is 6.55. The van der Waals surface area contributed by atoms with Gasteiger partial charge >= 0.3 is 0 Å². The van der Waals surface area contributed by atoms with Crippen molar-refractivity contribution in [3.63, 3.8) is 0 Å². The minimum Gasteiger partial charge on any atom is -0.339 e. The Morgan fingerprint density at radius 2 is 2.44 bits per heavy atom. The molecule has 1 aliphatic rings. The zero-order valence-electron chi connectivity index (χ0n) is 8.85. The molecule has 0 aromatic rings. The van der Waals surface area contributed by atoms with Crippen molar-refractivity contribution < 1.29 is 9.18 Å². The third-order valence-electron chi connectivity index (χ3n) is 2.67. The fourth-order valence-electron chi connectivity index (χ4n) is 1.87. The SMILES string of the molecule is [N-]=[N+]=NCC1CCCCN(C(=O)C(F)Cl)C1. The summed E-state index contributed by atoms with van der Waals surface area (Å²) in [5.74, 6) is -0.577. The van der Waals surface area contributed by atoms with E-state index in [1.165, 1.54) is 4.90 Å². The third kappa shape index (κ3) is 3.87. The molecule has 0 radical (unpaired) electrons. The lowest BCUT2D eigenvalue weighted by atomic mass is 10.0. The lowest BCUT2D eigenvalue weighted by molar-refractivity contribution is -0.134. The summed E-state index contributed by atoms with van der Waals surface area (Å²) in [4.78, 5) is 15.5. The highest BCUT2D eigenvalue weighted by Gasteiger charge is 2.25. The highest BCUT2D eigenvalue weighted by Crippen LogP contribution is 2.18. The largest absolute Gasteiger partial charge is 0.339 e. The van der Waals surface area contributed by atoms with E-state index in [2.05, 4.69) is 10.0 Å². The van der Waals surface area contributed by atoms with E-state index in [0.29, 0.717) is 19.6 Å². The van der Waals surface area contributed by atoms with E-state index in [9.17, 15) is 9.18 Å². The van der Waals surface area contributed by atoms with Crippen LogP contribution in [0.4, 0.5) is 4.39 Å². The Hall–Kier alpha value is -1.00. The Morgan fingerprint density at radius 3 is 3.06 bits per heavy atom. The van der Waals surface area contributed by atoms with Gasteiger partial charge in [-0.05, 0) is 24.3 Å². The predicted octanol–water partition coefficient (Wildman–Crippen LogP) is 2.46. The van der Waals surface area contributed by atoms with E-state index in [4.69, 9.17) is 17.1 Å². The first-order valence-electron chi connectivity index (χ1n) is 5.23. The summed E-state index contributed by atoms with van der Waals surface area (Å²) in [7, 11) is 0. The van der Waals surface area contributed by atoms with Crippen molar-refractivity contribution in [1.29, 1.82) is 0 Å². The molecule has 0 spiro atoms. The maximum Gasteiger partial charge on any atom is 0.272 e. The van der Waals surface area contributed by atoms with E-state index in [1.54, 1.807) is 0 Å². The van der Waals surface area contributed by atoms with Gasteiger partial charge in [-0.3, -0.25) is 4.79 Å². The molecule has 1 rings (SSSR count). The van der Waals surface area contributed by atoms with Crippen molar-refractivity contribution >= 4 is 17.5 Å². The van der Waals surface area contributed by atoms with Crippen molar-refractivity contribution in [3.8, 4) is 0 Å². The number of rotatable bonds is 3. The normalized spacial score (nSPS) is 23.1. The van der Waals surface area contributed by atoms with Crippen molar-refractivity contribution in [2.45, 2.75) is 24.9 Å². The molecule has 1 aliphatic heterocycles. The Bertz CT molecular complexity index is 293. The second-order valence-corrected chi connectivity index (χ2v) is 4.24. The lowest BCUT2D eigenvalue weighted by Gasteiger charge is -2.23. The van der Waals surface area contributed by atoms with Gasteiger partial charge in [-0.1, -0.05) is 23.1 Å². The van der Waals surface area contributed by atoms with Gasteiger partial charge in [0.2, 0.25) is 0 Å². The van der Waals surface area contributed by atoms with Crippen LogP contribution in [0.3, 0.4) is 0 Å². The quantitative estimate of drug-likeness (QED) is 0.327. The van der Waals surface area contributed by atoms with Crippen LogP contribution in [0, 0.1) is 5.92 Å². The predicted molar refractivity (Wildman–Crippen MR) is 58.7 cm³/mol. The van der Waals surface area contributed by atoms with E-state index < -0.39 is 11.5 Å². The molecule has 0 bridgehead atoms. The molecule has 2 atom stereocenters. The standard InChI is InChI=1S/C9H14ClFN4O/c10-8(11)9(16)15-4-2-1-3-7(6-15)5-13-14-12/h7-8H,1-6H2. The van der Waals surface area contributed by atoms with Crippen molar-refractivity contribution in [2.75, 3.05) is 19.6 Å². The van der Waals surface area contributed by atoms with Crippen LogP contribution in [0.15, 0.2) is 5.11 Å². The van der Waals surface area contributed by atoms with Gasteiger partial charge in [-0.15, -0.1) is 0 Å². The van der Waals surface area contributed by atoms with Crippen LogP contribution in [-0.4, -0.2) is 36.1 Å². The summed E-state index contributed by atoms with van der Waals surface area (Å²) >= 11 is 5.13. The van der Waals surface area contributed by atoms with Gasteiger partial charge in [0.25, 0.3) is 11.5 Å². The van der Waals surface area contributed by atoms with Gasteiger partial charge in [0.1, 0.15) is 0 Å². The zero-order valence-corrected chi connectivity index (χ0v) is 9.61. The number of hydrogen-bond donors (Lipinski definition) is 0. The highest BCUT2D eigenvalue weighted by molar-refractivity contribution is 6.29. The van der Waals surface area contributed by atoms with Crippen LogP contribution in [0.2, 0.25) is 0 Å². The van der Waals surface area contributed by atoms with Crippen molar-refractivity contribution in [2.24, 2.45) is 11.0 Å². The molecule has 0 saturated carbocycles. The average Bonchev–Trinajstić information content (AvgIpc) is 2.50. The number of carbonyl (C=O) groups excluding carboxylic acids is 1. The molecule has 1 fully saturated rings. The van der Waals surface area contributed by atoms with Crippen LogP contribution in [0.1, 0.15) is 19.3 Å². The first-order chi connectivity index (χ1) is 7.65. The number of carbonyl (C=O) groups is 1. The molecular weight excluding hydrogens is 235 g/mol. The Balaban J connectivity index is 2.57. The number of hydrogen-bond acceptors (Lipinski definition) is 2. The smallest absolute Gasteiger partial charge is 0.272 e. The second-order valence-electron chi connectivity index (χ2n) is 3.86. The van der Waals surface area contributed by atoms with E-state index >= 15 is 0 Å².